The van der Waals surface area contributed by atoms with Crippen LogP contribution >= 0.6 is 11.6 Å². The molecular formula is C16H17ClN2O. The van der Waals surface area contributed by atoms with E-state index in [4.69, 9.17) is 11.6 Å². The van der Waals surface area contributed by atoms with E-state index in [0.717, 1.165) is 16.9 Å². The summed E-state index contributed by atoms with van der Waals surface area (Å²) in [6, 6.07) is 15.2. The lowest BCUT2D eigenvalue weighted by Crippen LogP contribution is -2.16. The maximum Gasteiger partial charge on any atom is 0.226 e. The summed E-state index contributed by atoms with van der Waals surface area (Å²) < 4.78 is 0. The normalized spacial score (nSPS) is 10.1. The van der Waals surface area contributed by atoms with Crippen molar-refractivity contribution in [1.29, 1.82) is 0 Å². The van der Waals surface area contributed by atoms with Gasteiger partial charge in [-0.2, -0.15) is 0 Å². The molecule has 0 fully saturated rings. The third-order valence-corrected chi connectivity index (χ3v) is 3.29. The lowest BCUT2D eigenvalue weighted by atomic mass is 10.2. The van der Waals surface area contributed by atoms with E-state index >= 15 is 0 Å². The van der Waals surface area contributed by atoms with Gasteiger partial charge in [0.2, 0.25) is 5.91 Å². The summed E-state index contributed by atoms with van der Waals surface area (Å²) in [5, 5.41) is 6.71. The maximum absolute atomic E-state index is 11.9. The highest BCUT2D eigenvalue weighted by molar-refractivity contribution is 6.33. The Morgan fingerprint density at radius 2 is 1.70 bits per heavy atom. The number of rotatable bonds is 5. The van der Waals surface area contributed by atoms with Crippen molar-refractivity contribution >= 4 is 28.9 Å². The van der Waals surface area contributed by atoms with Crippen molar-refractivity contribution in [3.05, 3.63) is 59.1 Å². The number of nitrogens with one attached hydrogen (secondary N) is 2. The standard InChI is InChI=1S/C16H17ClN2O/c1-12-6-2-4-8-14(12)19-16(20)10-11-18-15-9-5-3-7-13(15)17/h2-9,18H,10-11H2,1H3,(H,19,20). The van der Waals surface area contributed by atoms with E-state index in [0.29, 0.717) is 18.0 Å². The molecular weight excluding hydrogens is 272 g/mol. The molecule has 0 atom stereocenters. The first kappa shape index (κ1) is 14.4. The van der Waals surface area contributed by atoms with Gasteiger partial charge in [0, 0.05) is 18.7 Å². The molecule has 0 heterocycles. The molecule has 2 rings (SSSR count). The molecule has 1 amide bonds. The fraction of sp³-hybridized carbons (Fsp3) is 0.188. The summed E-state index contributed by atoms with van der Waals surface area (Å²) in [5.74, 6) is -0.0150. The molecule has 2 aromatic rings. The Bertz CT molecular complexity index is 599. The number of amides is 1. The lowest BCUT2D eigenvalue weighted by molar-refractivity contribution is -0.115. The van der Waals surface area contributed by atoms with Crippen molar-refractivity contribution in [2.45, 2.75) is 13.3 Å². The van der Waals surface area contributed by atoms with Crippen LogP contribution in [0.4, 0.5) is 11.4 Å². The fourth-order valence-corrected chi connectivity index (χ4v) is 2.04. The summed E-state index contributed by atoms with van der Waals surface area (Å²) in [5.41, 5.74) is 2.76. The lowest BCUT2D eigenvalue weighted by Gasteiger charge is -2.10. The molecule has 0 radical (unpaired) electrons. The van der Waals surface area contributed by atoms with Gasteiger partial charge >= 0.3 is 0 Å². The predicted octanol–water partition coefficient (Wildman–Crippen LogP) is 4.09. The van der Waals surface area contributed by atoms with Gasteiger partial charge in [-0.25, -0.2) is 0 Å². The molecule has 0 aromatic heterocycles. The van der Waals surface area contributed by atoms with Crippen LogP contribution in [0.1, 0.15) is 12.0 Å². The summed E-state index contributed by atoms with van der Waals surface area (Å²) in [6.07, 6.45) is 0.388. The Hall–Kier alpha value is -2.00. The van der Waals surface area contributed by atoms with Crippen LogP contribution < -0.4 is 10.6 Å². The molecule has 20 heavy (non-hydrogen) atoms. The van der Waals surface area contributed by atoms with Crippen LogP contribution in [0.5, 0.6) is 0 Å². The van der Waals surface area contributed by atoms with Crippen molar-refractivity contribution in [3.8, 4) is 0 Å². The van der Waals surface area contributed by atoms with Gasteiger partial charge in [-0.15, -0.1) is 0 Å². The number of halogens is 1. The van der Waals surface area contributed by atoms with Crippen LogP contribution in [0.3, 0.4) is 0 Å². The van der Waals surface area contributed by atoms with E-state index < -0.39 is 0 Å². The fourth-order valence-electron chi connectivity index (χ4n) is 1.84. The number of carbonyl (C=O) groups is 1. The third kappa shape index (κ3) is 4.00. The highest BCUT2D eigenvalue weighted by Gasteiger charge is 2.04. The number of hydrogen-bond donors (Lipinski definition) is 2. The second kappa shape index (κ2) is 6.96. The summed E-state index contributed by atoms with van der Waals surface area (Å²) in [6.45, 7) is 2.51. The molecule has 2 N–H and O–H groups in total. The van der Waals surface area contributed by atoms with Crippen LogP contribution in [0, 0.1) is 6.92 Å². The number of hydrogen-bond acceptors (Lipinski definition) is 2. The van der Waals surface area contributed by atoms with Crippen molar-refractivity contribution in [2.75, 3.05) is 17.2 Å². The maximum atomic E-state index is 11.9. The molecule has 3 nitrogen and oxygen atoms in total. The van der Waals surface area contributed by atoms with Gasteiger partial charge in [0.1, 0.15) is 0 Å². The van der Waals surface area contributed by atoms with Crippen LogP contribution in [-0.4, -0.2) is 12.5 Å². The van der Waals surface area contributed by atoms with Gasteiger partial charge in [0.25, 0.3) is 0 Å². The van der Waals surface area contributed by atoms with E-state index in [1.165, 1.54) is 0 Å². The van der Waals surface area contributed by atoms with Crippen LogP contribution in [0.2, 0.25) is 5.02 Å². The molecule has 0 unspecified atom stereocenters. The first-order chi connectivity index (χ1) is 9.66. The zero-order chi connectivity index (χ0) is 14.4. The van der Waals surface area contributed by atoms with Crippen molar-refractivity contribution in [1.82, 2.24) is 0 Å². The molecule has 0 aliphatic rings. The summed E-state index contributed by atoms with van der Waals surface area (Å²) in [4.78, 5) is 11.9. The predicted molar refractivity (Wildman–Crippen MR) is 84.4 cm³/mol. The third-order valence-electron chi connectivity index (χ3n) is 2.96. The molecule has 0 saturated carbocycles. The average Bonchev–Trinajstić information content (AvgIpc) is 2.43. The highest BCUT2D eigenvalue weighted by atomic mass is 35.5. The molecule has 104 valence electrons. The zero-order valence-corrected chi connectivity index (χ0v) is 12.1. The minimum atomic E-state index is -0.0150. The topological polar surface area (TPSA) is 41.1 Å². The molecule has 2 aromatic carbocycles. The minimum Gasteiger partial charge on any atom is -0.383 e. The molecule has 0 aliphatic carbocycles. The van der Waals surface area contributed by atoms with E-state index in [1.54, 1.807) is 0 Å². The van der Waals surface area contributed by atoms with Gasteiger partial charge in [-0.1, -0.05) is 41.9 Å². The van der Waals surface area contributed by atoms with Gasteiger partial charge in [0.15, 0.2) is 0 Å². The first-order valence-electron chi connectivity index (χ1n) is 6.50. The number of carbonyl (C=O) groups excluding carboxylic acids is 1. The van der Waals surface area contributed by atoms with Crippen LogP contribution in [0.25, 0.3) is 0 Å². The Morgan fingerprint density at radius 3 is 2.40 bits per heavy atom. The number of aryl methyl sites for hydroxylation is 1. The Kier molecular flexibility index (Phi) is 5.02. The Morgan fingerprint density at radius 1 is 1.05 bits per heavy atom. The monoisotopic (exact) mass is 288 g/mol. The molecule has 0 aliphatic heterocycles. The second-order valence-corrected chi connectivity index (χ2v) is 4.93. The van der Waals surface area contributed by atoms with Crippen molar-refractivity contribution in [2.24, 2.45) is 0 Å². The van der Waals surface area contributed by atoms with E-state index in [2.05, 4.69) is 10.6 Å². The van der Waals surface area contributed by atoms with Gasteiger partial charge < -0.3 is 10.6 Å². The van der Waals surface area contributed by atoms with Gasteiger partial charge in [-0.3, -0.25) is 4.79 Å². The van der Waals surface area contributed by atoms with Crippen molar-refractivity contribution < 1.29 is 4.79 Å². The SMILES string of the molecule is Cc1ccccc1NC(=O)CCNc1ccccc1Cl. The zero-order valence-electron chi connectivity index (χ0n) is 11.3. The minimum absolute atomic E-state index is 0.0150. The van der Waals surface area contributed by atoms with E-state index in [1.807, 2.05) is 55.5 Å². The molecule has 0 spiro atoms. The molecule has 0 saturated heterocycles. The Labute approximate surface area is 124 Å². The Balaban J connectivity index is 1.82. The quantitative estimate of drug-likeness (QED) is 0.870. The van der Waals surface area contributed by atoms with E-state index in [9.17, 15) is 4.79 Å². The summed E-state index contributed by atoms with van der Waals surface area (Å²) in [7, 11) is 0. The number of para-hydroxylation sites is 2. The average molecular weight is 289 g/mol. The van der Waals surface area contributed by atoms with Gasteiger partial charge in [0.05, 0.1) is 10.7 Å². The van der Waals surface area contributed by atoms with Crippen LogP contribution in [-0.2, 0) is 4.79 Å². The number of anilines is 2. The summed E-state index contributed by atoms with van der Waals surface area (Å²) >= 11 is 6.03. The van der Waals surface area contributed by atoms with E-state index in [-0.39, 0.29) is 5.91 Å². The molecule has 4 heteroatoms. The highest BCUT2D eigenvalue weighted by Crippen LogP contribution is 2.20. The van der Waals surface area contributed by atoms with Gasteiger partial charge in [-0.05, 0) is 30.7 Å². The molecule has 0 bridgehead atoms. The largest absolute Gasteiger partial charge is 0.383 e. The smallest absolute Gasteiger partial charge is 0.226 e. The second-order valence-electron chi connectivity index (χ2n) is 4.52. The first-order valence-corrected chi connectivity index (χ1v) is 6.88. The van der Waals surface area contributed by atoms with Crippen molar-refractivity contribution in [3.63, 3.8) is 0 Å². The number of benzene rings is 2. The van der Waals surface area contributed by atoms with Crippen LogP contribution in [0.15, 0.2) is 48.5 Å².